The van der Waals surface area contributed by atoms with E-state index < -0.39 is 18.0 Å². The number of nitrogens with zero attached hydrogens (tertiary/aromatic N) is 3. The van der Waals surface area contributed by atoms with E-state index in [1.807, 2.05) is 19.1 Å². The van der Waals surface area contributed by atoms with E-state index in [1.54, 1.807) is 41.2 Å². The third kappa shape index (κ3) is 4.62. The van der Waals surface area contributed by atoms with E-state index in [4.69, 9.17) is 21.6 Å². The fourth-order valence-electron chi connectivity index (χ4n) is 2.59. The number of rotatable bonds is 5. The lowest BCUT2D eigenvalue weighted by molar-refractivity contribution is -0.123. The number of nitriles is 1. The Hall–Kier alpha value is -3.63. The smallest absolute Gasteiger partial charge is 0.338 e. The molecular weight excluding hydrogens is 392 g/mol. The Balaban J connectivity index is 1.62. The molecule has 0 radical (unpaired) electrons. The summed E-state index contributed by atoms with van der Waals surface area (Å²) >= 11 is 5.95. The molecule has 0 saturated carbocycles. The zero-order valence-electron chi connectivity index (χ0n) is 15.7. The minimum atomic E-state index is -1.02. The SMILES string of the molecule is Cc1ccnn1-c1ccc(C(=O)O[C@H](C)C(=O)Nc2ccc(C#N)c(Cl)c2)cc1. The van der Waals surface area contributed by atoms with Crippen LogP contribution in [0.15, 0.2) is 54.7 Å². The van der Waals surface area contributed by atoms with Crippen LogP contribution in [-0.2, 0) is 9.53 Å². The van der Waals surface area contributed by atoms with Crippen LogP contribution in [0.2, 0.25) is 5.02 Å². The van der Waals surface area contributed by atoms with Gasteiger partial charge < -0.3 is 10.1 Å². The van der Waals surface area contributed by atoms with Crippen molar-refractivity contribution in [1.82, 2.24) is 9.78 Å². The number of halogens is 1. The average Bonchev–Trinajstić information content (AvgIpc) is 3.14. The third-order valence-electron chi connectivity index (χ3n) is 4.19. The van der Waals surface area contributed by atoms with Crippen molar-refractivity contribution in [2.75, 3.05) is 5.32 Å². The topological polar surface area (TPSA) is 97.0 Å². The van der Waals surface area contributed by atoms with Crippen LogP contribution in [-0.4, -0.2) is 27.8 Å². The van der Waals surface area contributed by atoms with Gasteiger partial charge in [-0.25, -0.2) is 9.48 Å². The number of hydrogen-bond acceptors (Lipinski definition) is 5. The van der Waals surface area contributed by atoms with E-state index in [1.165, 1.54) is 19.1 Å². The molecule has 0 unspecified atom stereocenters. The van der Waals surface area contributed by atoms with Crippen molar-refractivity contribution in [3.63, 3.8) is 0 Å². The van der Waals surface area contributed by atoms with Crippen molar-refractivity contribution in [2.45, 2.75) is 20.0 Å². The Morgan fingerprint density at radius 3 is 2.52 bits per heavy atom. The number of ether oxygens (including phenoxy) is 1. The maximum Gasteiger partial charge on any atom is 0.338 e. The van der Waals surface area contributed by atoms with Gasteiger partial charge in [0.05, 0.1) is 21.8 Å². The lowest BCUT2D eigenvalue weighted by Gasteiger charge is -2.14. The largest absolute Gasteiger partial charge is 0.449 e. The van der Waals surface area contributed by atoms with Gasteiger partial charge in [-0.15, -0.1) is 0 Å². The molecule has 29 heavy (non-hydrogen) atoms. The highest BCUT2D eigenvalue weighted by molar-refractivity contribution is 6.32. The Bertz CT molecular complexity index is 1100. The average molecular weight is 409 g/mol. The summed E-state index contributed by atoms with van der Waals surface area (Å²) in [7, 11) is 0. The lowest BCUT2D eigenvalue weighted by Crippen LogP contribution is -2.30. The first-order valence-electron chi connectivity index (χ1n) is 8.71. The number of hydrogen-bond donors (Lipinski definition) is 1. The molecule has 146 valence electrons. The standard InChI is InChI=1S/C21H17ClN4O3/c1-13-9-10-24-26(13)18-7-4-15(5-8-18)21(28)29-14(2)20(27)25-17-6-3-16(12-23)19(22)11-17/h3-11,14H,1-2H3,(H,25,27)/t14-/m1/s1. The monoisotopic (exact) mass is 408 g/mol. The summed E-state index contributed by atoms with van der Waals surface area (Å²) in [5.41, 5.74) is 2.81. The molecule has 0 aliphatic carbocycles. The fourth-order valence-corrected chi connectivity index (χ4v) is 2.81. The molecule has 0 fully saturated rings. The summed E-state index contributed by atoms with van der Waals surface area (Å²) in [5, 5.41) is 15.9. The van der Waals surface area contributed by atoms with Crippen LogP contribution in [0.5, 0.6) is 0 Å². The first-order valence-corrected chi connectivity index (χ1v) is 9.09. The number of anilines is 1. The van der Waals surface area contributed by atoms with E-state index in [0.29, 0.717) is 16.8 Å². The fraction of sp³-hybridized carbons (Fsp3) is 0.143. The molecule has 0 bridgehead atoms. The van der Waals surface area contributed by atoms with Gasteiger partial charge in [-0.1, -0.05) is 11.6 Å². The van der Waals surface area contributed by atoms with E-state index in [0.717, 1.165) is 11.4 Å². The molecule has 7 nitrogen and oxygen atoms in total. The van der Waals surface area contributed by atoms with Gasteiger partial charge >= 0.3 is 5.97 Å². The number of carbonyl (C=O) groups excluding carboxylic acids is 2. The quantitative estimate of drug-likeness (QED) is 0.646. The number of aryl methyl sites for hydroxylation is 1. The van der Waals surface area contributed by atoms with Gasteiger partial charge in [0, 0.05) is 17.6 Å². The van der Waals surface area contributed by atoms with E-state index in [-0.39, 0.29) is 5.02 Å². The van der Waals surface area contributed by atoms with Crippen LogP contribution in [0, 0.1) is 18.3 Å². The highest BCUT2D eigenvalue weighted by Crippen LogP contribution is 2.20. The predicted molar refractivity (Wildman–Crippen MR) is 108 cm³/mol. The van der Waals surface area contributed by atoms with Gasteiger partial charge in [-0.3, -0.25) is 4.79 Å². The lowest BCUT2D eigenvalue weighted by atomic mass is 10.2. The van der Waals surface area contributed by atoms with Gasteiger partial charge in [0.1, 0.15) is 6.07 Å². The zero-order valence-corrected chi connectivity index (χ0v) is 16.5. The molecule has 3 rings (SSSR count). The summed E-state index contributed by atoms with van der Waals surface area (Å²) in [6.45, 7) is 3.40. The van der Waals surface area contributed by atoms with Gasteiger partial charge in [0.15, 0.2) is 6.10 Å². The number of carbonyl (C=O) groups is 2. The van der Waals surface area contributed by atoms with Crippen LogP contribution in [0.1, 0.15) is 28.5 Å². The molecule has 1 heterocycles. The molecule has 1 N–H and O–H groups in total. The van der Waals surface area contributed by atoms with Crippen molar-refractivity contribution < 1.29 is 14.3 Å². The van der Waals surface area contributed by atoms with Gasteiger partial charge in [-0.2, -0.15) is 10.4 Å². The first kappa shape index (κ1) is 20.1. The summed E-state index contributed by atoms with van der Waals surface area (Å²) in [5.74, 6) is -1.13. The molecule has 0 spiro atoms. The van der Waals surface area contributed by atoms with Crippen LogP contribution < -0.4 is 5.32 Å². The van der Waals surface area contributed by atoms with Crippen LogP contribution >= 0.6 is 11.6 Å². The molecule has 0 aliphatic rings. The predicted octanol–water partition coefficient (Wildman–Crippen LogP) is 3.89. The number of amides is 1. The van der Waals surface area contributed by atoms with Crippen molar-refractivity contribution in [3.8, 4) is 11.8 Å². The number of aromatic nitrogens is 2. The Morgan fingerprint density at radius 2 is 1.93 bits per heavy atom. The minimum absolute atomic E-state index is 0.224. The van der Waals surface area contributed by atoms with Gasteiger partial charge in [0.25, 0.3) is 5.91 Å². The molecule has 0 aliphatic heterocycles. The second kappa shape index (κ2) is 8.59. The van der Waals surface area contributed by atoms with Crippen molar-refractivity contribution in [1.29, 1.82) is 5.26 Å². The second-order valence-corrected chi connectivity index (χ2v) is 6.68. The third-order valence-corrected chi connectivity index (χ3v) is 4.50. The molecule has 2 aromatic carbocycles. The summed E-state index contributed by atoms with van der Waals surface area (Å²) < 4.78 is 6.99. The number of esters is 1. The minimum Gasteiger partial charge on any atom is -0.449 e. The first-order chi connectivity index (χ1) is 13.9. The normalized spacial score (nSPS) is 11.4. The maximum absolute atomic E-state index is 12.3. The Morgan fingerprint density at radius 1 is 1.21 bits per heavy atom. The van der Waals surface area contributed by atoms with E-state index >= 15 is 0 Å². The van der Waals surface area contributed by atoms with E-state index in [9.17, 15) is 9.59 Å². The van der Waals surface area contributed by atoms with E-state index in [2.05, 4.69) is 10.4 Å². The molecule has 1 atom stereocenters. The van der Waals surface area contributed by atoms with Crippen LogP contribution in [0.3, 0.4) is 0 Å². The summed E-state index contributed by atoms with van der Waals surface area (Å²) in [6.07, 6.45) is 0.670. The Kier molecular flexibility index (Phi) is 5.96. The maximum atomic E-state index is 12.3. The molecule has 8 heteroatoms. The van der Waals surface area contributed by atoms with Crippen molar-refractivity contribution in [2.24, 2.45) is 0 Å². The van der Waals surface area contributed by atoms with Crippen LogP contribution in [0.25, 0.3) is 5.69 Å². The number of nitrogens with one attached hydrogen (secondary N) is 1. The molecule has 3 aromatic rings. The number of benzene rings is 2. The molecule has 1 aromatic heterocycles. The van der Waals surface area contributed by atoms with Crippen molar-refractivity contribution in [3.05, 3.63) is 76.6 Å². The summed E-state index contributed by atoms with van der Waals surface area (Å²) in [4.78, 5) is 24.6. The van der Waals surface area contributed by atoms with Gasteiger partial charge in [-0.05, 0) is 62.4 Å². The molecule has 0 saturated heterocycles. The summed E-state index contributed by atoms with van der Waals surface area (Å²) in [6, 6.07) is 15.1. The van der Waals surface area contributed by atoms with Crippen LogP contribution in [0.4, 0.5) is 5.69 Å². The zero-order chi connectivity index (χ0) is 21.0. The highest BCUT2D eigenvalue weighted by atomic mass is 35.5. The second-order valence-electron chi connectivity index (χ2n) is 6.27. The van der Waals surface area contributed by atoms with Crippen molar-refractivity contribution >= 4 is 29.2 Å². The molecule has 1 amide bonds. The molecular formula is C21H17ClN4O3. The highest BCUT2D eigenvalue weighted by Gasteiger charge is 2.19. The van der Waals surface area contributed by atoms with Gasteiger partial charge in [0.2, 0.25) is 0 Å². The Labute approximate surface area is 172 Å².